The molecule has 0 radical (unpaired) electrons. The van der Waals surface area contributed by atoms with Crippen LogP contribution in [0.4, 0.5) is 0 Å². The van der Waals surface area contributed by atoms with E-state index in [0.29, 0.717) is 35.9 Å². The number of halogens is 1. The van der Waals surface area contributed by atoms with Crippen LogP contribution in [0.15, 0.2) is 48.8 Å². The van der Waals surface area contributed by atoms with Gasteiger partial charge in [0.1, 0.15) is 17.0 Å². The van der Waals surface area contributed by atoms with E-state index in [4.69, 9.17) is 21.3 Å². The Morgan fingerprint density at radius 1 is 1.10 bits per heavy atom. The fourth-order valence-corrected chi connectivity index (χ4v) is 5.09. The summed E-state index contributed by atoms with van der Waals surface area (Å²) >= 11 is 6.46. The molecule has 8 nitrogen and oxygen atoms in total. The summed E-state index contributed by atoms with van der Waals surface area (Å²) in [5.41, 5.74) is 2.83. The lowest BCUT2D eigenvalue weighted by molar-refractivity contribution is -0.145. The van der Waals surface area contributed by atoms with E-state index in [1.807, 2.05) is 45.3 Å². The van der Waals surface area contributed by atoms with Crippen molar-refractivity contribution in [2.45, 2.75) is 51.0 Å². The zero-order valence-corrected chi connectivity index (χ0v) is 23.4. The lowest BCUT2D eigenvalue weighted by Gasteiger charge is -2.33. The molecule has 1 aliphatic carbocycles. The molecule has 0 atom stereocenters. The van der Waals surface area contributed by atoms with Crippen molar-refractivity contribution in [2.75, 3.05) is 27.2 Å². The number of hydrogen-bond donors (Lipinski definition) is 2. The van der Waals surface area contributed by atoms with Crippen molar-refractivity contribution in [1.29, 1.82) is 0 Å². The van der Waals surface area contributed by atoms with Crippen molar-refractivity contribution in [3.05, 3.63) is 65.1 Å². The van der Waals surface area contributed by atoms with E-state index in [0.717, 1.165) is 54.5 Å². The minimum absolute atomic E-state index is 0.143. The average Bonchev–Trinajstić information content (AvgIpc) is 2.92. The summed E-state index contributed by atoms with van der Waals surface area (Å²) in [5, 5.41) is 13.2. The molecule has 2 aromatic heterocycles. The van der Waals surface area contributed by atoms with Crippen LogP contribution < -0.4 is 10.1 Å². The Hall–Kier alpha value is -3.49. The van der Waals surface area contributed by atoms with Gasteiger partial charge in [0.05, 0.1) is 17.3 Å². The third-order valence-electron chi connectivity index (χ3n) is 7.14. The van der Waals surface area contributed by atoms with Crippen LogP contribution in [0.1, 0.15) is 54.6 Å². The number of carboxylic acids is 1. The second kappa shape index (κ2) is 12.6. The molecule has 4 rings (SSSR count). The zero-order valence-electron chi connectivity index (χ0n) is 22.7. The summed E-state index contributed by atoms with van der Waals surface area (Å²) in [6.45, 7) is 3.38. The first kappa shape index (κ1) is 28.5. The summed E-state index contributed by atoms with van der Waals surface area (Å²) in [7, 11) is 4.02. The number of hydrogen-bond acceptors (Lipinski definition) is 6. The first-order valence-electron chi connectivity index (χ1n) is 13.3. The molecule has 1 saturated carbocycles. The first-order valence-corrected chi connectivity index (χ1v) is 13.6. The van der Waals surface area contributed by atoms with Gasteiger partial charge >= 0.3 is 5.97 Å². The van der Waals surface area contributed by atoms with Gasteiger partial charge in [-0.05, 0) is 76.2 Å². The van der Waals surface area contributed by atoms with Crippen LogP contribution in [0, 0.1) is 6.92 Å². The number of rotatable bonds is 10. The van der Waals surface area contributed by atoms with Gasteiger partial charge in [-0.1, -0.05) is 36.9 Å². The number of carbonyl (C=O) groups excluding carboxylic acids is 1. The van der Waals surface area contributed by atoms with E-state index in [1.165, 1.54) is 0 Å². The number of aryl methyl sites for hydroxylation is 1. The van der Waals surface area contributed by atoms with E-state index in [-0.39, 0.29) is 5.69 Å². The second-order valence-electron chi connectivity index (χ2n) is 10.3. The van der Waals surface area contributed by atoms with Crippen LogP contribution in [0.5, 0.6) is 5.75 Å². The number of carbonyl (C=O) groups is 2. The third kappa shape index (κ3) is 6.75. The summed E-state index contributed by atoms with van der Waals surface area (Å²) in [6, 6.07) is 10.8. The van der Waals surface area contributed by atoms with Crippen LogP contribution in [0.25, 0.3) is 22.4 Å². The van der Waals surface area contributed by atoms with Crippen molar-refractivity contribution in [3.63, 3.8) is 0 Å². The van der Waals surface area contributed by atoms with E-state index < -0.39 is 17.4 Å². The Morgan fingerprint density at radius 3 is 2.56 bits per heavy atom. The molecule has 206 valence electrons. The Labute approximate surface area is 234 Å². The van der Waals surface area contributed by atoms with Crippen molar-refractivity contribution in [1.82, 2.24) is 20.2 Å². The van der Waals surface area contributed by atoms with Gasteiger partial charge in [0.2, 0.25) is 0 Å². The maximum absolute atomic E-state index is 13.4. The highest BCUT2D eigenvalue weighted by molar-refractivity contribution is 6.32. The summed E-state index contributed by atoms with van der Waals surface area (Å²) < 4.78 is 5.99. The van der Waals surface area contributed by atoms with Crippen molar-refractivity contribution >= 4 is 23.5 Å². The Kier molecular flexibility index (Phi) is 9.20. The van der Waals surface area contributed by atoms with Crippen LogP contribution >= 0.6 is 11.6 Å². The molecule has 2 N–H and O–H groups in total. The smallest absolute Gasteiger partial charge is 0.329 e. The molecule has 0 spiro atoms. The summed E-state index contributed by atoms with van der Waals surface area (Å²) in [4.78, 5) is 36.7. The van der Waals surface area contributed by atoms with Crippen LogP contribution in [-0.4, -0.2) is 64.6 Å². The van der Waals surface area contributed by atoms with Gasteiger partial charge in [0, 0.05) is 35.6 Å². The van der Waals surface area contributed by atoms with Gasteiger partial charge < -0.3 is 20.1 Å². The standard InChI is InChI=1S/C30H35ClN4O4/c1-20-12-15-32-19-23(20)22-9-11-25(28(36)34-30(29(37)38)13-5-4-6-14-30)33-27(22)21-8-10-24(31)26(18-21)39-17-7-16-35(2)3/h8-12,15,18-19H,4-7,13-14,16-17H2,1-3H3,(H,34,36)(H,37,38). The minimum atomic E-state index is -1.27. The number of amides is 1. The molecule has 0 aliphatic heterocycles. The van der Waals surface area contributed by atoms with E-state index in [9.17, 15) is 14.7 Å². The molecule has 1 aliphatic rings. The number of aliphatic carboxylic acids is 1. The van der Waals surface area contributed by atoms with Gasteiger partial charge in [0.25, 0.3) is 5.91 Å². The third-order valence-corrected chi connectivity index (χ3v) is 7.45. The average molecular weight is 551 g/mol. The van der Waals surface area contributed by atoms with Crippen molar-refractivity contribution in [2.24, 2.45) is 0 Å². The number of pyridine rings is 2. The second-order valence-corrected chi connectivity index (χ2v) is 10.7. The molecule has 9 heteroatoms. The van der Waals surface area contributed by atoms with Crippen LogP contribution in [0.2, 0.25) is 5.02 Å². The molecule has 0 saturated heterocycles. The van der Waals surface area contributed by atoms with Crippen molar-refractivity contribution in [3.8, 4) is 28.1 Å². The van der Waals surface area contributed by atoms with Crippen LogP contribution in [0.3, 0.4) is 0 Å². The number of nitrogens with one attached hydrogen (secondary N) is 1. The molecule has 39 heavy (non-hydrogen) atoms. The Bertz CT molecular complexity index is 1340. The monoisotopic (exact) mass is 550 g/mol. The van der Waals surface area contributed by atoms with Gasteiger partial charge in [0.15, 0.2) is 0 Å². The van der Waals surface area contributed by atoms with Crippen molar-refractivity contribution < 1.29 is 19.4 Å². The lowest BCUT2D eigenvalue weighted by Crippen LogP contribution is -2.55. The highest BCUT2D eigenvalue weighted by Crippen LogP contribution is 2.36. The van der Waals surface area contributed by atoms with Gasteiger partial charge in [-0.3, -0.25) is 9.78 Å². The number of ether oxygens (including phenoxy) is 1. The molecule has 0 unspecified atom stereocenters. The van der Waals surface area contributed by atoms with Gasteiger partial charge in [-0.2, -0.15) is 0 Å². The largest absolute Gasteiger partial charge is 0.492 e. The number of nitrogens with zero attached hydrogens (tertiary/aromatic N) is 3. The fraction of sp³-hybridized carbons (Fsp3) is 0.400. The van der Waals surface area contributed by atoms with Crippen LogP contribution in [-0.2, 0) is 4.79 Å². The first-order chi connectivity index (χ1) is 18.7. The molecule has 0 bridgehead atoms. The molecular formula is C30H35ClN4O4. The molecule has 2 heterocycles. The maximum Gasteiger partial charge on any atom is 0.329 e. The number of benzene rings is 1. The highest BCUT2D eigenvalue weighted by Gasteiger charge is 2.41. The summed E-state index contributed by atoms with van der Waals surface area (Å²) in [6.07, 6.45) is 7.62. The maximum atomic E-state index is 13.4. The van der Waals surface area contributed by atoms with E-state index in [1.54, 1.807) is 24.5 Å². The van der Waals surface area contributed by atoms with E-state index in [2.05, 4.69) is 15.2 Å². The predicted octanol–water partition coefficient (Wildman–Crippen LogP) is 5.62. The zero-order chi connectivity index (χ0) is 28.0. The van der Waals surface area contributed by atoms with E-state index >= 15 is 0 Å². The molecule has 1 fully saturated rings. The Balaban J connectivity index is 1.73. The fourth-order valence-electron chi connectivity index (χ4n) is 4.92. The number of aromatic nitrogens is 2. The molecule has 3 aromatic rings. The normalized spacial score (nSPS) is 14.7. The van der Waals surface area contributed by atoms with Gasteiger partial charge in [-0.15, -0.1) is 0 Å². The molecule has 1 amide bonds. The molecular weight excluding hydrogens is 516 g/mol. The summed E-state index contributed by atoms with van der Waals surface area (Å²) in [5.74, 6) is -0.985. The predicted molar refractivity (Wildman–Crippen MR) is 152 cm³/mol. The highest BCUT2D eigenvalue weighted by atomic mass is 35.5. The minimum Gasteiger partial charge on any atom is -0.492 e. The van der Waals surface area contributed by atoms with Gasteiger partial charge in [-0.25, -0.2) is 9.78 Å². The quantitative estimate of drug-likeness (QED) is 0.316. The topological polar surface area (TPSA) is 105 Å². The Morgan fingerprint density at radius 2 is 1.87 bits per heavy atom. The SMILES string of the molecule is Cc1ccncc1-c1ccc(C(=O)NC2(C(=O)O)CCCCC2)nc1-c1ccc(Cl)c(OCCCN(C)C)c1. The lowest BCUT2D eigenvalue weighted by atomic mass is 9.81. The number of carboxylic acid groups (broad SMARTS) is 1. The molecule has 1 aromatic carbocycles.